The van der Waals surface area contributed by atoms with Crippen LogP contribution in [0, 0.1) is 0 Å². The van der Waals surface area contributed by atoms with Crippen molar-refractivity contribution in [2.45, 2.75) is 28.9 Å². The van der Waals surface area contributed by atoms with E-state index >= 15 is 0 Å². The summed E-state index contributed by atoms with van der Waals surface area (Å²) in [5.74, 6) is -0.333. The monoisotopic (exact) mass is 651 g/mol. The number of nitrogens with zero attached hydrogens (tertiary/aromatic N) is 3. The average Bonchev–Trinajstić information content (AvgIpc) is 2.93. The van der Waals surface area contributed by atoms with E-state index in [2.05, 4.69) is 52.9 Å². The van der Waals surface area contributed by atoms with Crippen LogP contribution in [0.25, 0.3) is 0 Å². The van der Waals surface area contributed by atoms with Gasteiger partial charge in [0.2, 0.25) is 0 Å². The second kappa shape index (κ2) is 12.4. The first kappa shape index (κ1) is 28.2. The molecule has 2 aromatic carbocycles. The highest BCUT2D eigenvalue weighted by Gasteiger charge is 2.44. The molecule has 0 bridgehead atoms. The van der Waals surface area contributed by atoms with E-state index in [1.54, 1.807) is 18.3 Å². The Balaban J connectivity index is 1.85. The smallest absolute Gasteiger partial charge is 0.428 e. The fourth-order valence-electron chi connectivity index (χ4n) is 3.91. The quantitative estimate of drug-likeness (QED) is 0.119. The van der Waals surface area contributed by atoms with Crippen molar-refractivity contribution in [2.75, 3.05) is 5.32 Å². The van der Waals surface area contributed by atoms with Crippen molar-refractivity contribution in [3.05, 3.63) is 114 Å². The summed E-state index contributed by atoms with van der Waals surface area (Å²) in [6.07, 6.45) is -2.76. The lowest BCUT2D eigenvalue weighted by Gasteiger charge is -2.35. The molecule has 4 aromatic rings. The van der Waals surface area contributed by atoms with Crippen molar-refractivity contribution in [1.29, 1.82) is 0 Å². The summed E-state index contributed by atoms with van der Waals surface area (Å²) in [5.41, 5.74) is 0.911. The lowest BCUT2D eigenvalue weighted by atomic mass is 9.80. The molecule has 0 unspecified atom stereocenters. The van der Waals surface area contributed by atoms with Crippen LogP contribution in [0.15, 0.2) is 91.5 Å². The highest BCUT2D eigenvalue weighted by atomic mass is 127. The molecule has 1 atom stereocenters. The number of alkyl halides is 5. The molecule has 2 heterocycles. The molecule has 0 saturated carbocycles. The van der Waals surface area contributed by atoms with Crippen LogP contribution >= 0.6 is 22.6 Å². The van der Waals surface area contributed by atoms with Gasteiger partial charge in [-0.25, -0.2) is 9.78 Å². The van der Waals surface area contributed by atoms with Gasteiger partial charge < -0.3 is 10.1 Å². The van der Waals surface area contributed by atoms with E-state index in [9.17, 15) is 22.4 Å². The minimum Gasteiger partial charge on any atom is -0.428 e. The first-order valence-corrected chi connectivity index (χ1v) is 13.1. The molecular formula is C27H22F4IN5O2. The van der Waals surface area contributed by atoms with E-state index in [0.29, 0.717) is 10.1 Å². The minimum atomic E-state index is -4.71. The second-order valence-corrected chi connectivity index (χ2v) is 9.18. The molecule has 0 saturated heterocycles. The van der Waals surface area contributed by atoms with Crippen LogP contribution in [0.2, 0.25) is 0 Å². The zero-order valence-electron chi connectivity index (χ0n) is 20.2. The molecule has 0 aliphatic carbocycles. The Bertz CT molecular complexity index is 1380. The van der Waals surface area contributed by atoms with Crippen LogP contribution in [0.5, 0.6) is 5.75 Å². The van der Waals surface area contributed by atoms with Gasteiger partial charge in [-0.05, 0) is 34.9 Å². The Morgan fingerprint density at radius 1 is 0.949 bits per heavy atom. The van der Waals surface area contributed by atoms with Crippen LogP contribution in [-0.4, -0.2) is 33.5 Å². The maximum atomic E-state index is 13.8. The van der Waals surface area contributed by atoms with Crippen molar-refractivity contribution in [1.82, 2.24) is 20.3 Å². The molecule has 12 heteroatoms. The van der Waals surface area contributed by atoms with Crippen LogP contribution in [-0.2, 0) is 16.4 Å². The van der Waals surface area contributed by atoms with Gasteiger partial charge in [0.1, 0.15) is 11.3 Å². The lowest BCUT2D eigenvalue weighted by Crippen LogP contribution is -2.50. The average molecular weight is 651 g/mol. The van der Waals surface area contributed by atoms with Gasteiger partial charge in [0.25, 0.3) is 0 Å². The first-order valence-electron chi connectivity index (χ1n) is 11.6. The third-order valence-electron chi connectivity index (χ3n) is 5.69. The number of carbonyl (C=O) groups is 1. The number of benzene rings is 2. The zero-order chi connectivity index (χ0) is 27.9. The largest absolute Gasteiger partial charge is 0.461 e. The molecule has 0 radical (unpaired) electrons. The summed E-state index contributed by atoms with van der Waals surface area (Å²) in [5, 5.41) is 5.55. The number of hydrogen-bond acceptors (Lipinski definition) is 5. The van der Waals surface area contributed by atoms with Crippen molar-refractivity contribution in [3.63, 3.8) is 0 Å². The number of carbonyl (C=O) groups excluding carboxylic acids is 1. The van der Waals surface area contributed by atoms with Gasteiger partial charge in [-0.15, -0.1) is 0 Å². The molecule has 0 fully saturated rings. The number of hydrogen-bond donors (Lipinski definition) is 2. The predicted molar refractivity (Wildman–Crippen MR) is 145 cm³/mol. The number of urea groups is 1. The maximum absolute atomic E-state index is 13.8. The standard InChI is InChI=1S/C27H22F4IN5O2/c28-24(29)27(30,31)39-21-8-4-7-20(13-21)26(14-18-5-2-1-3-6-18,22-10-9-19(15-32)16-35-22)37-25(38)36-23-17-33-11-12-34-23/h1-13,16-17,24H,14-15H2,(H2,34,36,37,38)/t26-/m0/s1. The number of halogens is 5. The normalized spacial score (nSPS) is 13.0. The van der Waals surface area contributed by atoms with Gasteiger partial charge in [0.15, 0.2) is 5.82 Å². The van der Waals surface area contributed by atoms with E-state index < -0.39 is 29.9 Å². The van der Waals surface area contributed by atoms with E-state index in [-0.39, 0.29) is 17.8 Å². The van der Waals surface area contributed by atoms with Gasteiger partial charge in [0, 0.05) is 29.4 Å². The molecule has 0 aliphatic rings. The summed E-state index contributed by atoms with van der Waals surface area (Å²) in [6, 6.07) is 17.3. The third kappa shape index (κ3) is 6.99. The molecule has 0 aliphatic heterocycles. The van der Waals surface area contributed by atoms with E-state index in [1.807, 2.05) is 36.4 Å². The van der Waals surface area contributed by atoms with Crippen molar-refractivity contribution in [2.24, 2.45) is 0 Å². The Hall–Kier alpha value is -3.81. The van der Waals surface area contributed by atoms with Crippen molar-refractivity contribution in [3.8, 4) is 5.75 Å². The number of aromatic nitrogens is 3. The maximum Gasteiger partial charge on any atom is 0.461 e. The van der Waals surface area contributed by atoms with E-state index in [0.717, 1.165) is 17.2 Å². The summed E-state index contributed by atoms with van der Waals surface area (Å²) < 4.78 is 58.4. The van der Waals surface area contributed by atoms with Crippen LogP contribution < -0.4 is 15.4 Å². The van der Waals surface area contributed by atoms with Gasteiger partial charge in [-0.1, -0.05) is 71.1 Å². The Kier molecular flexibility index (Phi) is 8.94. The zero-order valence-corrected chi connectivity index (χ0v) is 22.4. The highest BCUT2D eigenvalue weighted by Crippen LogP contribution is 2.36. The topological polar surface area (TPSA) is 89.0 Å². The van der Waals surface area contributed by atoms with Crippen molar-refractivity contribution >= 4 is 34.4 Å². The molecule has 4 rings (SSSR count). The van der Waals surface area contributed by atoms with Crippen LogP contribution in [0.3, 0.4) is 0 Å². The minimum absolute atomic E-state index is 0.132. The second-order valence-electron chi connectivity index (χ2n) is 8.42. The van der Waals surface area contributed by atoms with Crippen LogP contribution in [0.1, 0.15) is 22.4 Å². The number of pyridine rings is 1. The van der Waals surface area contributed by atoms with Gasteiger partial charge in [-0.2, -0.15) is 17.6 Å². The summed E-state index contributed by atoms with van der Waals surface area (Å²) in [7, 11) is 0. The number of anilines is 1. The predicted octanol–water partition coefficient (Wildman–Crippen LogP) is 6.35. The van der Waals surface area contributed by atoms with Crippen LogP contribution in [0.4, 0.5) is 28.2 Å². The SMILES string of the molecule is O=C(Nc1cnccn1)N[C@@](Cc1ccccc1)(c1cccc(OC(F)(F)C(F)F)c1)c1ccc(CI)cn1. The highest BCUT2D eigenvalue weighted by molar-refractivity contribution is 14.1. The molecular weight excluding hydrogens is 629 g/mol. The molecule has 2 N–H and O–H groups in total. The van der Waals surface area contributed by atoms with Gasteiger partial charge in [-0.3, -0.25) is 15.3 Å². The lowest BCUT2D eigenvalue weighted by molar-refractivity contribution is -0.253. The molecule has 202 valence electrons. The van der Waals surface area contributed by atoms with Gasteiger partial charge in [0.05, 0.1) is 11.9 Å². The molecule has 7 nitrogen and oxygen atoms in total. The fraction of sp³-hybridized carbons (Fsp3) is 0.185. The summed E-state index contributed by atoms with van der Waals surface area (Å²) >= 11 is 2.19. The number of ether oxygens (including phenoxy) is 1. The number of nitrogens with one attached hydrogen (secondary N) is 2. The Morgan fingerprint density at radius 2 is 1.74 bits per heavy atom. The third-order valence-corrected chi connectivity index (χ3v) is 6.58. The first-order chi connectivity index (χ1) is 18.7. The molecule has 2 aromatic heterocycles. The molecule has 2 amide bonds. The Labute approximate surface area is 235 Å². The van der Waals surface area contributed by atoms with Gasteiger partial charge >= 0.3 is 18.6 Å². The molecule has 0 spiro atoms. The Morgan fingerprint density at radius 3 is 2.38 bits per heavy atom. The fourth-order valence-corrected chi connectivity index (χ4v) is 4.36. The number of amides is 2. The summed E-state index contributed by atoms with van der Waals surface area (Å²) in [4.78, 5) is 25.9. The number of rotatable bonds is 10. The summed E-state index contributed by atoms with van der Waals surface area (Å²) in [6.45, 7) is 0. The van der Waals surface area contributed by atoms with Crippen molar-refractivity contribution < 1.29 is 27.1 Å². The van der Waals surface area contributed by atoms with E-state index in [1.165, 1.54) is 30.7 Å². The van der Waals surface area contributed by atoms with E-state index in [4.69, 9.17) is 0 Å². The molecule has 39 heavy (non-hydrogen) atoms.